The van der Waals surface area contributed by atoms with Crippen molar-refractivity contribution >= 4 is 0 Å². The maximum atomic E-state index is 14.4. The van der Waals surface area contributed by atoms with Gasteiger partial charge in [-0.3, -0.25) is 19.9 Å². The van der Waals surface area contributed by atoms with E-state index in [9.17, 15) is 35.1 Å². The van der Waals surface area contributed by atoms with E-state index in [0.29, 0.717) is 34.2 Å². The zero-order valence-corrected chi connectivity index (χ0v) is 38.7. The van der Waals surface area contributed by atoms with Crippen molar-refractivity contribution in [2.45, 2.75) is 89.9 Å². The summed E-state index contributed by atoms with van der Waals surface area (Å²) in [4.78, 5) is 32.0. The Bertz CT molecular complexity index is 2730. The third-order valence-electron chi connectivity index (χ3n) is 12.6. The number of halogens is 8. The van der Waals surface area contributed by atoms with Gasteiger partial charge in [-0.15, -0.1) is 12.1 Å². The van der Waals surface area contributed by atoms with Crippen molar-refractivity contribution in [1.82, 2.24) is 39.9 Å². The summed E-state index contributed by atoms with van der Waals surface area (Å²) in [6.07, 6.45) is 8.84. The summed E-state index contributed by atoms with van der Waals surface area (Å²) in [5.74, 6) is -7.55. The van der Waals surface area contributed by atoms with Crippen LogP contribution in [0.15, 0.2) is 109 Å². The van der Waals surface area contributed by atoms with E-state index in [-0.39, 0.29) is 69.6 Å². The van der Waals surface area contributed by atoms with Crippen LogP contribution in [0.1, 0.15) is 102 Å². The summed E-state index contributed by atoms with van der Waals surface area (Å²) >= 11 is 0. The first kappa shape index (κ1) is 53.7. The standard InChI is InChI=1S/C26H20F4N4.C26H18F4N4.2CH4.Pt/c2*27-22-12-10-16(24(29)33-22)18-6-4-8-20(31-18)26(14-2-1-3-15-26)21-9-5-7-19(32-21)17-11-13-23(28)34-25(17)30;;;/h4-13H,1-3,14-15H2;4-9,12-13H,1-3,14-15H2;2*1H4;/q;-2;;;+2. The van der Waals surface area contributed by atoms with Crippen LogP contribution in [0.2, 0.25) is 0 Å². The van der Waals surface area contributed by atoms with Gasteiger partial charge in [0.1, 0.15) is 23.8 Å². The summed E-state index contributed by atoms with van der Waals surface area (Å²) < 4.78 is 111. The molecule has 0 aromatic carbocycles. The minimum absolute atomic E-state index is 0. The predicted octanol–water partition coefficient (Wildman–Crippen LogP) is 13.7. The molecule has 0 saturated heterocycles. The Hall–Kier alpha value is -6.67. The minimum Gasteiger partial charge on any atom is -0.300 e. The van der Waals surface area contributed by atoms with Crippen molar-refractivity contribution in [1.29, 1.82) is 0 Å². The molecule has 8 aromatic rings. The van der Waals surface area contributed by atoms with Crippen LogP contribution in [0.25, 0.3) is 45.0 Å². The average molecular weight is 1150 g/mol. The van der Waals surface area contributed by atoms with E-state index in [1.54, 1.807) is 48.5 Å². The van der Waals surface area contributed by atoms with Gasteiger partial charge in [-0.25, -0.2) is 17.6 Å². The SMILES string of the molecule is C.C.Fc1c[c-]c(-c2cccc(C3(c4cccc(-c5[c-]cc(F)nc5F)n4)CCCCC3)n2)c(F)n1.Fc1ccc(-c2cccc(C3(c4cccc(-c5ccc(F)nc5F)n4)CCCCC3)n2)c(F)n1.[Pt+2]. The zero-order valence-electron chi connectivity index (χ0n) is 36.4. The third kappa shape index (κ3) is 11.3. The van der Waals surface area contributed by atoms with Gasteiger partial charge in [0.2, 0.25) is 23.8 Å². The monoisotopic (exact) mass is 1150 g/mol. The maximum absolute atomic E-state index is 14.4. The minimum atomic E-state index is -0.989. The van der Waals surface area contributed by atoms with E-state index >= 15 is 0 Å². The van der Waals surface area contributed by atoms with Crippen LogP contribution in [0.3, 0.4) is 0 Å². The van der Waals surface area contributed by atoms with E-state index in [2.05, 4.69) is 32.1 Å². The Morgan fingerprint density at radius 3 is 0.972 bits per heavy atom. The molecule has 0 bridgehead atoms. The number of pyridine rings is 8. The maximum Gasteiger partial charge on any atom is 2.00 e. The number of rotatable bonds is 8. The van der Waals surface area contributed by atoms with Crippen molar-refractivity contribution in [2.75, 3.05) is 0 Å². The van der Waals surface area contributed by atoms with Crippen LogP contribution in [0.5, 0.6) is 0 Å². The van der Waals surface area contributed by atoms with E-state index < -0.39 is 58.4 Å². The van der Waals surface area contributed by atoms with Gasteiger partial charge in [0.25, 0.3) is 0 Å². The molecule has 8 aromatic heterocycles. The molecule has 0 spiro atoms. The van der Waals surface area contributed by atoms with E-state index in [0.717, 1.165) is 88.5 Å². The fraction of sp³-hybridized carbons (Fsp3) is 0.259. The van der Waals surface area contributed by atoms with Gasteiger partial charge in [0.05, 0.1) is 44.7 Å². The van der Waals surface area contributed by atoms with Crippen molar-refractivity contribution in [3.05, 3.63) is 192 Å². The van der Waals surface area contributed by atoms with Crippen LogP contribution in [-0.2, 0) is 31.9 Å². The second kappa shape index (κ2) is 23.0. The summed E-state index contributed by atoms with van der Waals surface area (Å²) in [5.41, 5.74) is 3.01. The number of nitrogens with zero attached hydrogens (tertiary/aromatic N) is 8. The van der Waals surface area contributed by atoms with Gasteiger partial charge in [-0.2, -0.15) is 27.5 Å². The molecule has 0 N–H and O–H groups in total. The molecule has 10 rings (SSSR count). The van der Waals surface area contributed by atoms with Crippen LogP contribution in [-0.4, -0.2) is 39.9 Å². The Balaban J connectivity index is 0.000000223. The molecule has 0 radical (unpaired) electrons. The smallest absolute Gasteiger partial charge is 0.300 e. The molecule has 0 atom stereocenters. The fourth-order valence-corrected chi connectivity index (χ4v) is 9.29. The van der Waals surface area contributed by atoms with E-state index in [4.69, 9.17) is 19.9 Å². The fourth-order valence-electron chi connectivity index (χ4n) is 9.29. The third-order valence-corrected chi connectivity index (χ3v) is 12.6. The second-order valence-electron chi connectivity index (χ2n) is 16.6. The van der Waals surface area contributed by atoms with Crippen molar-refractivity contribution in [3.63, 3.8) is 0 Å². The number of hydrogen-bond acceptors (Lipinski definition) is 8. The topological polar surface area (TPSA) is 103 Å². The van der Waals surface area contributed by atoms with E-state index in [1.165, 1.54) is 12.1 Å². The Morgan fingerprint density at radius 2 is 0.648 bits per heavy atom. The molecule has 2 saturated carbocycles. The predicted molar refractivity (Wildman–Crippen MR) is 248 cm³/mol. The summed E-state index contributed by atoms with van der Waals surface area (Å²) in [7, 11) is 0. The van der Waals surface area contributed by atoms with Crippen molar-refractivity contribution in [2.24, 2.45) is 0 Å². The first-order valence-electron chi connectivity index (χ1n) is 22.0. The molecule has 71 heavy (non-hydrogen) atoms. The van der Waals surface area contributed by atoms with Crippen LogP contribution < -0.4 is 0 Å². The van der Waals surface area contributed by atoms with Crippen molar-refractivity contribution in [3.8, 4) is 45.0 Å². The first-order chi connectivity index (χ1) is 32.9. The van der Waals surface area contributed by atoms with Crippen LogP contribution in [0.4, 0.5) is 35.1 Å². The normalized spacial score (nSPS) is 14.6. The van der Waals surface area contributed by atoms with Gasteiger partial charge >= 0.3 is 21.1 Å². The summed E-state index contributed by atoms with van der Waals surface area (Å²) in [5, 5.41) is 0. The quantitative estimate of drug-likeness (QED) is 0.0842. The molecule has 2 aliphatic carbocycles. The van der Waals surface area contributed by atoms with Crippen LogP contribution >= 0.6 is 0 Å². The Labute approximate surface area is 420 Å². The molecule has 368 valence electrons. The van der Waals surface area contributed by atoms with Crippen LogP contribution in [0, 0.1) is 59.7 Å². The molecule has 2 fully saturated rings. The molecule has 17 heteroatoms. The Kier molecular flexibility index (Phi) is 17.4. The van der Waals surface area contributed by atoms with Gasteiger partial charge in [0, 0.05) is 11.4 Å². The number of hydrogen-bond donors (Lipinski definition) is 0. The first-order valence-corrected chi connectivity index (χ1v) is 22.0. The molecule has 8 nitrogen and oxygen atoms in total. The second-order valence-corrected chi connectivity index (χ2v) is 16.6. The molecule has 8 heterocycles. The van der Waals surface area contributed by atoms with Gasteiger partial charge in [0.15, 0.2) is 0 Å². The Morgan fingerprint density at radius 1 is 0.338 bits per heavy atom. The summed E-state index contributed by atoms with van der Waals surface area (Å²) in [6.45, 7) is 0. The molecule has 2 aliphatic rings. The molecular weight excluding hydrogens is 1110 g/mol. The van der Waals surface area contributed by atoms with Gasteiger partial charge < -0.3 is 9.97 Å². The average Bonchev–Trinajstić information content (AvgIpc) is 3.35. The van der Waals surface area contributed by atoms with E-state index in [1.807, 2.05) is 24.3 Å². The van der Waals surface area contributed by atoms with Gasteiger partial charge in [-0.05, 0) is 97.7 Å². The zero-order chi connectivity index (χ0) is 47.4. The molecule has 0 aliphatic heterocycles. The summed E-state index contributed by atoms with van der Waals surface area (Å²) in [6, 6.07) is 33.0. The van der Waals surface area contributed by atoms with Gasteiger partial charge in [-0.1, -0.05) is 113 Å². The largest absolute Gasteiger partial charge is 2.00 e. The number of aromatic nitrogens is 8. The molecule has 0 amide bonds. The molecular formula is C54H46F8N8Pt. The van der Waals surface area contributed by atoms with Crippen molar-refractivity contribution < 1.29 is 56.2 Å². The molecule has 0 unspecified atom stereocenters.